The van der Waals surface area contributed by atoms with Crippen molar-refractivity contribution >= 4 is 5.78 Å². The molecule has 1 aromatic carbocycles. The van der Waals surface area contributed by atoms with Crippen molar-refractivity contribution in [2.75, 3.05) is 6.61 Å². The lowest BCUT2D eigenvalue weighted by atomic mass is 9.93. The zero-order valence-electron chi connectivity index (χ0n) is 13.3. The zero-order chi connectivity index (χ0) is 16.8. The second-order valence-electron chi connectivity index (χ2n) is 5.56. The number of carbonyl (C=O) groups excluding carboxylic acids is 1. The van der Waals surface area contributed by atoms with E-state index in [-0.39, 0.29) is 11.7 Å². The van der Waals surface area contributed by atoms with Crippen LogP contribution >= 0.6 is 0 Å². The van der Waals surface area contributed by atoms with E-state index in [2.05, 4.69) is 0 Å². The molecule has 0 aliphatic carbocycles. The molecular formula is C17H23F3O2. The van der Waals surface area contributed by atoms with E-state index in [1.54, 1.807) is 6.92 Å². The Morgan fingerprint density at radius 2 is 1.95 bits per heavy atom. The number of benzene rings is 1. The van der Waals surface area contributed by atoms with Gasteiger partial charge in [-0.05, 0) is 49.4 Å². The van der Waals surface area contributed by atoms with Crippen LogP contribution in [0.15, 0.2) is 18.2 Å². The van der Waals surface area contributed by atoms with Gasteiger partial charge in [0.15, 0.2) is 0 Å². The number of hydrogen-bond donors (Lipinski definition) is 0. The summed E-state index contributed by atoms with van der Waals surface area (Å²) < 4.78 is 43.9. The third kappa shape index (κ3) is 5.70. The average molecular weight is 316 g/mol. The van der Waals surface area contributed by atoms with Crippen LogP contribution in [0, 0.1) is 5.92 Å². The molecule has 5 heteroatoms. The molecule has 2 nitrogen and oxygen atoms in total. The molecule has 0 aromatic heterocycles. The molecule has 22 heavy (non-hydrogen) atoms. The minimum absolute atomic E-state index is 0.0123. The van der Waals surface area contributed by atoms with Crippen LogP contribution in [0.3, 0.4) is 0 Å². The van der Waals surface area contributed by atoms with Crippen LogP contribution in [-0.4, -0.2) is 12.4 Å². The summed E-state index contributed by atoms with van der Waals surface area (Å²) in [5.74, 6) is 0.604. The van der Waals surface area contributed by atoms with E-state index in [1.165, 1.54) is 6.07 Å². The molecule has 1 atom stereocenters. The Hall–Kier alpha value is -1.52. The van der Waals surface area contributed by atoms with Gasteiger partial charge in [0.1, 0.15) is 11.5 Å². The SMILES string of the molecule is CCCC(=O)CC(C)Cc1cc(C(F)(F)F)ccc1OCC. The molecule has 1 unspecified atom stereocenters. The van der Waals surface area contributed by atoms with Crippen molar-refractivity contribution in [2.45, 2.75) is 52.6 Å². The van der Waals surface area contributed by atoms with Crippen LogP contribution in [-0.2, 0) is 17.4 Å². The summed E-state index contributed by atoms with van der Waals surface area (Å²) in [6.45, 7) is 5.99. The number of alkyl halides is 3. The van der Waals surface area contributed by atoms with Crippen molar-refractivity contribution in [3.63, 3.8) is 0 Å². The van der Waals surface area contributed by atoms with E-state index in [0.717, 1.165) is 18.6 Å². The first-order valence-electron chi connectivity index (χ1n) is 7.62. The van der Waals surface area contributed by atoms with Gasteiger partial charge in [0, 0.05) is 12.8 Å². The molecule has 124 valence electrons. The quantitative estimate of drug-likeness (QED) is 0.671. The lowest BCUT2D eigenvalue weighted by molar-refractivity contribution is -0.137. The highest BCUT2D eigenvalue weighted by molar-refractivity contribution is 5.78. The number of ether oxygens (including phenoxy) is 1. The van der Waals surface area contributed by atoms with Crippen LogP contribution in [0.5, 0.6) is 5.75 Å². The summed E-state index contributed by atoms with van der Waals surface area (Å²) in [5, 5.41) is 0. The first-order chi connectivity index (χ1) is 10.3. The van der Waals surface area contributed by atoms with E-state index in [4.69, 9.17) is 4.74 Å². The molecule has 1 aromatic rings. The Morgan fingerprint density at radius 3 is 2.50 bits per heavy atom. The normalized spacial score (nSPS) is 13.0. The number of Topliss-reactive ketones (excluding diaryl/α,β-unsaturated/α-hetero) is 1. The Balaban J connectivity index is 2.91. The summed E-state index contributed by atoms with van der Waals surface area (Å²) in [7, 11) is 0. The monoisotopic (exact) mass is 316 g/mol. The van der Waals surface area contributed by atoms with Crippen molar-refractivity contribution in [3.8, 4) is 5.75 Å². The van der Waals surface area contributed by atoms with Gasteiger partial charge >= 0.3 is 6.18 Å². The van der Waals surface area contributed by atoms with Crippen molar-refractivity contribution < 1.29 is 22.7 Å². The second-order valence-corrected chi connectivity index (χ2v) is 5.56. The topological polar surface area (TPSA) is 26.3 Å². The smallest absolute Gasteiger partial charge is 0.416 e. The van der Waals surface area contributed by atoms with E-state index >= 15 is 0 Å². The van der Waals surface area contributed by atoms with Gasteiger partial charge < -0.3 is 4.74 Å². The first-order valence-corrected chi connectivity index (χ1v) is 7.62. The molecule has 0 saturated carbocycles. The van der Waals surface area contributed by atoms with Crippen molar-refractivity contribution in [1.29, 1.82) is 0 Å². The summed E-state index contributed by atoms with van der Waals surface area (Å²) >= 11 is 0. The summed E-state index contributed by atoms with van der Waals surface area (Å²) in [4.78, 5) is 11.7. The maximum Gasteiger partial charge on any atom is 0.416 e. The molecule has 0 saturated heterocycles. The third-order valence-corrected chi connectivity index (χ3v) is 3.36. The number of ketones is 1. The molecule has 0 N–H and O–H groups in total. The average Bonchev–Trinajstić information content (AvgIpc) is 2.39. The Morgan fingerprint density at radius 1 is 1.27 bits per heavy atom. The van der Waals surface area contributed by atoms with Gasteiger partial charge in [-0.1, -0.05) is 13.8 Å². The molecule has 1 rings (SSSR count). The largest absolute Gasteiger partial charge is 0.494 e. The molecular weight excluding hydrogens is 293 g/mol. The van der Waals surface area contributed by atoms with Gasteiger partial charge in [-0.25, -0.2) is 0 Å². The molecule has 0 aliphatic heterocycles. The lowest BCUT2D eigenvalue weighted by Crippen LogP contribution is -2.11. The molecule has 0 spiro atoms. The predicted molar refractivity (Wildman–Crippen MR) is 80.0 cm³/mol. The standard InChI is InChI=1S/C17H23F3O2/c1-4-6-15(21)10-12(3)9-13-11-14(17(18,19)20)7-8-16(13)22-5-2/h7-8,11-12H,4-6,9-10H2,1-3H3. The Kier molecular flexibility index (Phi) is 6.91. The first kappa shape index (κ1) is 18.5. The molecule has 0 heterocycles. The summed E-state index contributed by atoms with van der Waals surface area (Å²) in [6, 6.07) is 3.52. The minimum atomic E-state index is -4.37. The highest BCUT2D eigenvalue weighted by atomic mass is 19.4. The van der Waals surface area contributed by atoms with E-state index in [9.17, 15) is 18.0 Å². The molecule has 0 aliphatic rings. The number of halogens is 3. The fourth-order valence-corrected chi connectivity index (χ4v) is 2.43. The van der Waals surface area contributed by atoms with Gasteiger partial charge in [-0.15, -0.1) is 0 Å². The maximum absolute atomic E-state index is 12.8. The summed E-state index contributed by atoms with van der Waals surface area (Å²) in [6.07, 6.45) is -2.28. The lowest BCUT2D eigenvalue weighted by Gasteiger charge is -2.17. The fourth-order valence-electron chi connectivity index (χ4n) is 2.43. The van der Waals surface area contributed by atoms with Crippen LogP contribution in [0.25, 0.3) is 0 Å². The van der Waals surface area contributed by atoms with E-state index < -0.39 is 11.7 Å². The van der Waals surface area contributed by atoms with Gasteiger partial charge in [0.25, 0.3) is 0 Å². The maximum atomic E-state index is 12.8. The molecule has 0 radical (unpaired) electrons. The highest BCUT2D eigenvalue weighted by Crippen LogP contribution is 2.33. The third-order valence-electron chi connectivity index (χ3n) is 3.36. The number of hydrogen-bond acceptors (Lipinski definition) is 2. The fraction of sp³-hybridized carbons (Fsp3) is 0.588. The van der Waals surface area contributed by atoms with Crippen LogP contribution in [0.2, 0.25) is 0 Å². The highest BCUT2D eigenvalue weighted by Gasteiger charge is 2.31. The van der Waals surface area contributed by atoms with Gasteiger partial charge in [0.2, 0.25) is 0 Å². The van der Waals surface area contributed by atoms with Crippen molar-refractivity contribution in [1.82, 2.24) is 0 Å². The summed E-state index contributed by atoms with van der Waals surface area (Å²) in [5.41, 5.74) is -0.175. The molecule has 0 bridgehead atoms. The Labute approximate surface area is 129 Å². The molecule has 0 amide bonds. The second kappa shape index (κ2) is 8.20. The van der Waals surface area contributed by atoms with Crippen molar-refractivity contribution in [3.05, 3.63) is 29.3 Å². The van der Waals surface area contributed by atoms with Crippen LogP contribution in [0.1, 0.15) is 51.2 Å². The predicted octanol–water partition coefficient (Wildman–Crippen LogP) is 5.04. The van der Waals surface area contributed by atoms with E-state index in [1.807, 2.05) is 13.8 Å². The van der Waals surface area contributed by atoms with Gasteiger partial charge in [-0.3, -0.25) is 4.79 Å². The number of carbonyl (C=O) groups is 1. The van der Waals surface area contributed by atoms with Crippen molar-refractivity contribution in [2.24, 2.45) is 5.92 Å². The van der Waals surface area contributed by atoms with Crippen LogP contribution in [0.4, 0.5) is 13.2 Å². The molecule has 0 fully saturated rings. The Bertz CT molecular complexity index is 495. The zero-order valence-corrected chi connectivity index (χ0v) is 13.3. The minimum Gasteiger partial charge on any atom is -0.494 e. The number of rotatable bonds is 8. The van der Waals surface area contributed by atoms with Gasteiger partial charge in [0.05, 0.1) is 12.2 Å². The van der Waals surface area contributed by atoms with Gasteiger partial charge in [-0.2, -0.15) is 13.2 Å². The van der Waals surface area contributed by atoms with Crippen LogP contribution < -0.4 is 4.74 Å². The van der Waals surface area contributed by atoms with E-state index in [0.29, 0.717) is 37.2 Å².